The maximum absolute atomic E-state index is 13.9. The lowest BCUT2D eigenvalue weighted by molar-refractivity contribution is 0.611. The highest BCUT2D eigenvalue weighted by Crippen LogP contribution is 2.42. The highest BCUT2D eigenvalue weighted by molar-refractivity contribution is 6.28. The standard InChI is InChI=1S/C14H17ClFN3.C2H6/c1-4-8(11(16)5-2)9-6-7-10-12(9)18-14(15)19-13(10)17-3;1-2/h4-5,9H,6-7H2,1-3H3,(H,17,18,19);1-2H3/b8-4-,11-5+;. The van der Waals surface area contributed by atoms with Crippen LogP contribution >= 0.6 is 11.6 Å². The van der Waals surface area contributed by atoms with Crippen LogP contribution in [0, 0.1) is 0 Å². The van der Waals surface area contributed by atoms with Crippen molar-refractivity contribution in [2.45, 2.75) is 46.5 Å². The van der Waals surface area contributed by atoms with E-state index in [0.717, 1.165) is 29.9 Å². The minimum atomic E-state index is -0.193. The maximum atomic E-state index is 13.9. The number of anilines is 1. The van der Waals surface area contributed by atoms with Gasteiger partial charge in [-0.25, -0.2) is 14.4 Å². The van der Waals surface area contributed by atoms with Gasteiger partial charge in [0.2, 0.25) is 5.28 Å². The SMILES string of the molecule is C/C=C(\C(F)=C/C)C1CCc2c(NC)nc(Cl)nc21.CC. The van der Waals surface area contributed by atoms with Gasteiger partial charge in [0.25, 0.3) is 0 Å². The number of hydrogen-bond acceptors (Lipinski definition) is 3. The molecule has 0 aromatic carbocycles. The average molecular weight is 312 g/mol. The van der Waals surface area contributed by atoms with Gasteiger partial charge < -0.3 is 5.32 Å². The fourth-order valence-electron chi connectivity index (χ4n) is 2.61. The summed E-state index contributed by atoms with van der Waals surface area (Å²) in [7, 11) is 1.80. The predicted octanol–water partition coefficient (Wildman–Crippen LogP) is 5.05. The van der Waals surface area contributed by atoms with Crippen molar-refractivity contribution in [3.8, 4) is 0 Å². The smallest absolute Gasteiger partial charge is 0.224 e. The lowest BCUT2D eigenvalue weighted by Gasteiger charge is -2.14. The second-order valence-corrected chi connectivity index (χ2v) is 4.76. The van der Waals surface area contributed by atoms with Crippen LogP contribution in [0.15, 0.2) is 23.6 Å². The van der Waals surface area contributed by atoms with Crippen LogP contribution in [0.4, 0.5) is 10.2 Å². The van der Waals surface area contributed by atoms with Crippen LogP contribution < -0.4 is 5.32 Å². The summed E-state index contributed by atoms with van der Waals surface area (Å²) in [5.74, 6) is 0.513. The Kier molecular flexibility index (Phi) is 6.82. The molecule has 1 aliphatic rings. The number of allylic oxidation sites excluding steroid dienone is 4. The molecule has 1 heterocycles. The zero-order valence-electron chi connectivity index (χ0n) is 13.3. The molecule has 1 unspecified atom stereocenters. The molecule has 116 valence electrons. The molecule has 0 radical (unpaired) electrons. The third-order valence-electron chi connectivity index (χ3n) is 3.48. The number of nitrogens with one attached hydrogen (secondary N) is 1. The molecule has 1 aliphatic carbocycles. The van der Waals surface area contributed by atoms with Crippen molar-refractivity contribution < 1.29 is 4.39 Å². The molecular weight excluding hydrogens is 289 g/mol. The van der Waals surface area contributed by atoms with Gasteiger partial charge in [-0.3, -0.25) is 0 Å². The van der Waals surface area contributed by atoms with Gasteiger partial charge in [-0.05, 0) is 43.9 Å². The van der Waals surface area contributed by atoms with Crippen LogP contribution in [-0.2, 0) is 6.42 Å². The number of halogens is 2. The van der Waals surface area contributed by atoms with Gasteiger partial charge in [0.1, 0.15) is 11.6 Å². The fraction of sp³-hybridized carbons (Fsp3) is 0.500. The molecule has 0 bridgehead atoms. The Bertz CT molecular complexity index is 553. The third-order valence-corrected chi connectivity index (χ3v) is 3.65. The van der Waals surface area contributed by atoms with Gasteiger partial charge >= 0.3 is 0 Å². The summed E-state index contributed by atoms with van der Waals surface area (Å²) in [5, 5.41) is 3.23. The van der Waals surface area contributed by atoms with Crippen LogP contribution in [0.25, 0.3) is 0 Å². The van der Waals surface area contributed by atoms with Gasteiger partial charge in [-0.2, -0.15) is 0 Å². The fourth-order valence-corrected chi connectivity index (χ4v) is 2.79. The molecule has 0 fully saturated rings. The first-order valence-electron chi connectivity index (χ1n) is 7.34. The number of rotatable bonds is 3. The summed E-state index contributed by atoms with van der Waals surface area (Å²) in [6.07, 6.45) is 4.96. The lowest BCUT2D eigenvalue weighted by Crippen LogP contribution is -2.05. The van der Waals surface area contributed by atoms with E-state index < -0.39 is 0 Å². The molecule has 1 atom stereocenters. The third kappa shape index (κ3) is 3.62. The Hall–Kier alpha value is -1.42. The topological polar surface area (TPSA) is 37.8 Å². The van der Waals surface area contributed by atoms with Gasteiger partial charge in [-0.1, -0.05) is 26.0 Å². The van der Waals surface area contributed by atoms with Crippen molar-refractivity contribution in [2.24, 2.45) is 0 Å². The van der Waals surface area contributed by atoms with Crippen molar-refractivity contribution in [3.05, 3.63) is 40.1 Å². The van der Waals surface area contributed by atoms with Crippen molar-refractivity contribution in [1.82, 2.24) is 9.97 Å². The molecule has 0 saturated carbocycles. The summed E-state index contributed by atoms with van der Waals surface area (Å²) in [6.45, 7) is 7.54. The van der Waals surface area contributed by atoms with Crippen LogP contribution in [0.3, 0.4) is 0 Å². The minimum Gasteiger partial charge on any atom is -0.373 e. The van der Waals surface area contributed by atoms with Crippen molar-refractivity contribution in [1.29, 1.82) is 0 Å². The largest absolute Gasteiger partial charge is 0.373 e. The number of nitrogens with zero attached hydrogens (tertiary/aromatic N) is 2. The molecule has 3 nitrogen and oxygen atoms in total. The highest BCUT2D eigenvalue weighted by Gasteiger charge is 2.31. The Labute approximate surface area is 131 Å². The molecule has 0 spiro atoms. The van der Waals surface area contributed by atoms with Crippen molar-refractivity contribution in [2.75, 3.05) is 12.4 Å². The van der Waals surface area contributed by atoms with E-state index >= 15 is 0 Å². The molecule has 21 heavy (non-hydrogen) atoms. The molecule has 1 aromatic rings. The summed E-state index contributed by atoms with van der Waals surface area (Å²) in [5.41, 5.74) is 2.56. The van der Waals surface area contributed by atoms with Gasteiger partial charge in [-0.15, -0.1) is 0 Å². The van der Waals surface area contributed by atoms with E-state index in [-0.39, 0.29) is 17.0 Å². The number of fused-ring (bicyclic) bond motifs is 1. The molecule has 2 rings (SSSR count). The highest BCUT2D eigenvalue weighted by atomic mass is 35.5. The molecule has 1 N–H and O–H groups in total. The summed E-state index contributed by atoms with van der Waals surface area (Å²) < 4.78 is 13.9. The van der Waals surface area contributed by atoms with E-state index in [4.69, 9.17) is 11.6 Å². The minimum absolute atomic E-state index is 0.0381. The molecular formula is C16H23ClFN3. The predicted molar refractivity (Wildman–Crippen MR) is 87.6 cm³/mol. The van der Waals surface area contributed by atoms with Gasteiger partial charge in [0.05, 0.1) is 5.69 Å². The first-order chi connectivity index (χ1) is 10.1. The molecule has 0 aliphatic heterocycles. The van der Waals surface area contributed by atoms with Crippen LogP contribution in [0.1, 0.15) is 51.3 Å². The van der Waals surface area contributed by atoms with E-state index in [0.29, 0.717) is 5.57 Å². The van der Waals surface area contributed by atoms with E-state index in [1.165, 1.54) is 6.08 Å². The molecule has 1 aromatic heterocycles. The molecule has 0 saturated heterocycles. The summed E-state index contributed by atoms with van der Waals surface area (Å²) in [6, 6.07) is 0. The normalized spacial score (nSPS) is 18.0. The van der Waals surface area contributed by atoms with Gasteiger partial charge in [0.15, 0.2) is 0 Å². The first-order valence-corrected chi connectivity index (χ1v) is 7.72. The van der Waals surface area contributed by atoms with Crippen molar-refractivity contribution in [3.63, 3.8) is 0 Å². The first kappa shape index (κ1) is 17.6. The van der Waals surface area contributed by atoms with E-state index in [1.807, 2.05) is 26.8 Å². The Morgan fingerprint density at radius 3 is 2.48 bits per heavy atom. The Morgan fingerprint density at radius 1 is 1.29 bits per heavy atom. The molecule has 5 heteroatoms. The van der Waals surface area contributed by atoms with Crippen LogP contribution in [0.2, 0.25) is 5.28 Å². The number of hydrogen-bond donors (Lipinski definition) is 1. The summed E-state index contributed by atoms with van der Waals surface area (Å²) >= 11 is 5.94. The van der Waals surface area contributed by atoms with Crippen LogP contribution in [0.5, 0.6) is 0 Å². The quantitative estimate of drug-likeness (QED) is 0.627. The second-order valence-electron chi connectivity index (χ2n) is 4.43. The van der Waals surface area contributed by atoms with Crippen molar-refractivity contribution >= 4 is 17.4 Å². The Morgan fingerprint density at radius 2 is 1.95 bits per heavy atom. The summed E-state index contributed by atoms with van der Waals surface area (Å²) in [4.78, 5) is 8.47. The monoisotopic (exact) mass is 311 g/mol. The van der Waals surface area contributed by atoms with Gasteiger partial charge in [0, 0.05) is 18.5 Å². The van der Waals surface area contributed by atoms with E-state index in [9.17, 15) is 4.39 Å². The lowest BCUT2D eigenvalue weighted by atomic mass is 9.95. The van der Waals surface area contributed by atoms with E-state index in [1.54, 1.807) is 14.0 Å². The molecule has 0 amide bonds. The van der Waals surface area contributed by atoms with E-state index in [2.05, 4.69) is 15.3 Å². The number of aromatic nitrogens is 2. The average Bonchev–Trinajstić information content (AvgIpc) is 2.92. The maximum Gasteiger partial charge on any atom is 0.224 e. The zero-order valence-corrected chi connectivity index (χ0v) is 14.1. The zero-order chi connectivity index (χ0) is 16.0. The van der Waals surface area contributed by atoms with Crippen LogP contribution in [-0.4, -0.2) is 17.0 Å². The second kappa shape index (κ2) is 8.13. The Balaban J connectivity index is 0.00000106.